The molecule has 1 aromatic heterocycles. The van der Waals surface area contributed by atoms with Crippen LogP contribution in [0.3, 0.4) is 0 Å². The number of nitrogens with zero attached hydrogens (tertiary/aromatic N) is 3. The fraction of sp³-hybridized carbons (Fsp3) is 0.571. The third kappa shape index (κ3) is 3.55. The molecule has 5 heteroatoms. The highest BCUT2D eigenvalue weighted by atomic mass is 19.1. The van der Waals surface area contributed by atoms with Gasteiger partial charge in [0.2, 0.25) is 0 Å². The molecule has 1 fully saturated rings. The van der Waals surface area contributed by atoms with E-state index in [1.54, 1.807) is 0 Å². The summed E-state index contributed by atoms with van der Waals surface area (Å²) in [6.07, 6.45) is 6.54. The topological polar surface area (TPSA) is 33.1 Å². The van der Waals surface area contributed by atoms with E-state index in [2.05, 4.69) is 36.2 Å². The van der Waals surface area contributed by atoms with Gasteiger partial charge in [0, 0.05) is 23.3 Å². The van der Waals surface area contributed by atoms with Crippen molar-refractivity contribution in [1.82, 2.24) is 20.0 Å². The standard InChI is InChI=1S/C21H29FN4/c1-21(2)12-19(24-16-8-10-25(3)11-9-16)18-14-23-26(20(18)13-21)17-6-4-15(22)5-7-17/h4-7,14,16,19,24H,8-13H2,1-3H3/t19-/m0/s1. The van der Waals surface area contributed by atoms with Crippen LogP contribution in [0.4, 0.5) is 4.39 Å². The zero-order chi connectivity index (χ0) is 18.3. The summed E-state index contributed by atoms with van der Waals surface area (Å²) in [5, 5.41) is 8.59. The molecule has 4 nitrogen and oxygen atoms in total. The molecule has 1 atom stereocenters. The zero-order valence-corrected chi connectivity index (χ0v) is 16.0. The number of aromatic nitrogens is 2. The molecule has 0 bridgehead atoms. The van der Waals surface area contributed by atoms with E-state index < -0.39 is 0 Å². The van der Waals surface area contributed by atoms with Gasteiger partial charge in [-0.25, -0.2) is 9.07 Å². The van der Waals surface area contributed by atoms with E-state index in [1.165, 1.54) is 36.2 Å². The van der Waals surface area contributed by atoms with Crippen molar-refractivity contribution in [3.63, 3.8) is 0 Å². The second-order valence-electron chi connectivity index (χ2n) is 8.78. The summed E-state index contributed by atoms with van der Waals surface area (Å²) in [6, 6.07) is 7.55. The van der Waals surface area contributed by atoms with Crippen LogP contribution >= 0.6 is 0 Å². The van der Waals surface area contributed by atoms with Gasteiger partial charge in [-0.1, -0.05) is 13.8 Å². The van der Waals surface area contributed by atoms with E-state index in [4.69, 9.17) is 0 Å². The molecule has 1 aliphatic heterocycles. The number of halogens is 1. The van der Waals surface area contributed by atoms with Crippen LogP contribution in [0, 0.1) is 11.2 Å². The highest BCUT2D eigenvalue weighted by Crippen LogP contribution is 2.41. The minimum Gasteiger partial charge on any atom is -0.307 e. The van der Waals surface area contributed by atoms with Crippen molar-refractivity contribution in [2.45, 2.75) is 51.6 Å². The van der Waals surface area contributed by atoms with Crippen LogP contribution in [0.15, 0.2) is 30.5 Å². The third-order valence-corrected chi connectivity index (χ3v) is 5.91. The van der Waals surface area contributed by atoms with Crippen LogP contribution in [0.2, 0.25) is 0 Å². The predicted molar refractivity (Wildman–Crippen MR) is 102 cm³/mol. The van der Waals surface area contributed by atoms with E-state index in [0.29, 0.717) is 12.1 Å². The van der Waals surface area contributed by atoms with Crippen molar-refractivity contribution >= 4 is 0 Å². The summed E-state index contributed by atoms with van der Waals surface area (Å²) in [4.78, 5) is 2.40. The molecular weight excluding hydrogens is 327 g/mol. The molecule has 1 aromatic carbocycles. The first-order valence-electron chi connectivity index (χ1n) is 9.69. The number of benzene rings is 1. The van der Waals surface area contributed by atoms with Crippen molar-refractivity contribution < 1.29 is 4.39 Å². The van der Waals surface area contributed by atoms with Crippen LogP contribution in [0.25, 0.3) is 5.69 Å². The maximum atomic E-state index is 13.3. The van der Waals surface area contributed by atoms with E-state index >= 15 is 0 Å². The second kappa shape index (κ2) is 6.78. The lowest BCUT2D eigenvalue weighted by Gasteiger charge is -2.39. The third-order valence-electron chi connectivity index (χ3n) is 5.91. The number of likely N-dealkylation sites (tertiary alicyclic amines) is 1. The van der Waals surface area contributed by atoms with Gasteiger partial charge in [-0.15, -0.1) is 0 Å². The molecule has 2 aromatic rings. The molecule has 2 aliphatic rings. The quantitative estimate of drug-likeness (QED) is 0.910. The van der Waals surface area contributed by atoms with Gasteiger partial charge in [0.25, 0.3) is 0 Å². The Morgan fingerprint density at radius 2 is 1.85 bits per heavy atom. The van der Waals surface area contributed by atoms with E-state index in [-0.39, 0.29) is 11.2 Å². The molecule has 0 radical (unpaired) electrons. The van der Waals surface area contributed by atoms with Crippen molar-refractivity contribution in [3.8, 4) is 5.69 Å². The Bertz CT molecular complexity index is 757. The summed E-state index contributed by atoms with van der Waals surface area (Å²) < 4.78 is 15.3. The van der Waals surface area contributed by atoms with Crippen molar-refractivity contribution in [2.75, 3.05) is 20.1 Å². The molecule has 0 unspecified atom stereocenters. The molecule has 0 amide bonds. The van der Waals surface area contributed by atoms with Crippen LogP contribution in [0.1, 0.15) is 50.4 Å². The highest BCUT2D eigenvalue weighted by molar-refractivity contribution is 5.38. The molecule has 0 saturated carbocycles. The molecule has 140 valence electrons. The van der Waals surface area contributed by atoms with Gasteiger partial charge in [-0.3, -0.25) is 0 Å². The Kier molecular flexibility index (Phi) is 4.61. The molecule has 4 rings (SSSR count). The van der Waals surface area contributed by atoms with Gasteiger partial charge in [-0.05, 0) is 75.5 Å². The normalized spacial score (nSPS) is 23.8. The average molecular weight is 356 g/mol. The van der Waals surface area contributed by atoms with Crippen molar-refractivity contribution in [2.24, 2.45) is 5.41 Å². The molecule has 1 N–H and O–H groups in total. The van der Waals surface area contributed by atoms with Gasteiger partial charge < -0.3 is 10.2 Å². The number of hydrogen-bond acceptors (Lipinski definition) is 3. The molecule has 2 heterocycles. The van der Waals surface area contributed by atoms with Gasteiger partial charge in [0.05, 0.1) is 11.9 Å². The number of fused-ring (bicyclic) bond motifs is 1. The van der Waals surface area contributed by atoms with E-state index in [1.807, 2.05) is 23.0 Å². The Labute approximate surface area is 155 Å². The Morgan fingerprint density at radius 1 is 1.15 bits per heavy atom. The van der Waals surface area contributed by atoms with E-state index in [0.717, 1.165) is 31.6 Å². The first kappa shape index (κ1) is 17.7. The number of rotatable bonds is 3. The van der Waals surface area contributed by atoms with E-state index in [9.17, 15) is 4.39 Å². The number of piperidine rings is 1. The average Bonchev–Trinajstić information content (AvgIpc) is 3.00. The minimum atomic E-state index is -0.211. The fourth-order valence-electron chi connectivity index (χ4n) is 4.46. The van der Waals surface area contributed by atoms with Crippen molar-refractivity contribution in [1.29, 1.82) is 0 Å². The highest BCUT2D eigenvalue weighted by Gasteiger charge is 2.36. The Hall–Kier alpha value is -1.72. The summed E-state index contributed by atoms with van der Waals surface area (Å²) in [5.74, 6) is -0.211. The Balaban J connectivity index is 1.62. The van der Waals surface area contributed by atoms with Crippen LogP contribution in [-0.4, -0.2) is 40.9 Å². The fourth-order valence-corrected chi connectivity index (χ4v) is 4.46. The smallest absolute Gasteiger partial charge is 0.123 e. The SMILES string of the molecule is CN1CCC(N[C@H]2CC(C)(C)Cc3c2cnn3-c2ccc(F)cc2)CC1. The zero-order valence-electron chi connectivity index (χ0n) is 16.0. The molecule has 1 saturated heterocycles. The largest absolute Gasteiger partial charge is 0.307 e. The predicted octanol–water partition coefficient (Wildman–Crippen LogP) is 3.71. The van der Waals surface area contributed by atoms with Gasteiger partial charge in [0.15, 0.2) is 0 Å². The number of hydrogen-bond donors (Lipinski definition) is 1. The lowest BCUT2D eigenvalue weighted by Crippen LogP contribution is -2.44. The monoisotopic (exact) mass is 356 g/mol. The van der Waals surface area contributed by atoms with Gasteiger partial charge in [0.1, 0.15) is 5.82 Å². The summed E-state index contributed by atoms with van der Waals surface area (Å²) in [5.41, 5.74) is 3.72. The lowest BCUT2D eigenvalue weighted by atomic mass is 9.74. The maximum absolute atomic E-state index is 13.3. The molecule has 0 spiro atoms. The first-order chi connectivity index (χ1) is 12.4. The molecule has 1 aliphatic carbocycles. The van der Waals surface area contributed by atoms with Crippen LogP contribution in [-0.2, 0) is 6.42 Å². The first-order valence-corrected chi connectivity index (χ1v) is 9.69. The lowest BCUT2D eigenvalue weighted by molar-refractivity contribution is 0.194. The maximum Gasteiger partial charge on any atom is 0.123 e. The summed E-state index contributed by atoms with van der Waals surface area (Å²) in [6.45, 7) is 6.99. The second-order valence-corrected chi connectivity index (χ2v) is 8.78. The summed E-state index contributed by atoms with van der Waals surface area (Å²) >= 11 is 0. The van der Waals surface area contributed by atoms with Gasteiger partial charge in [-0.2, -0.15) is 5.10 Å². The van der Waals surface area contributed by atoms with Gasteiger partial charge >= 0.3 is 0 Å². The van der Waals surface area contributed by atoms with Crippen LogP contribution < -0.4 is 5.32 Å². The molecule has 26 heavy (non-hydrogen) atoms. The van der Waals surface area contributed by atoms with Crippen molar-refractivity contribution in [3.05, 3.63) is 47.5 Å². The summed E-state index contributed by atoms with van der Waals surface area (Å²) in [7, 11) is 2.20. The Morgan fingerprint density at radius 3 is 2.54 bits per heavy atom. The number of nitrogens with one attached hydrogen (secondary N) is 1. The molecular formula is C21H29FN4. The van der Waals surface area contributed by atoms with Crippen LogP contribution in [0.5, 0.6) is 0 Å². The minimum absolute atomic E-state index is 0.211.